The van der Waals surface area contributed by atoms with E-state index in [0.29, 0.717) is 33.7 Å². The largest absolute Gasteiger partial charge is 0.487 e. The number of benzene rings is 3. The summed E-state index contributed by atoms with van der Waals surface area (Å²) in [6, 6.07) is 15.1. The molecule has 1 atom stereocenters. The zero-order valence-electron chi connectivity index (χ0n) is 20.9. The molecule has 0 saturated carbocycles. The second-order valence-electron chi connectivity index (χ2n) is 8.53. The van der Waals surface area contributed by atoms with E-state index in [0.717, 1.165) is 18.0 Å². The zero-order valence-corrected chi connectivity index (χ0v) is 22.5. The molecule has 0 saturated heterocycles. The van der Waals surface area contributed by atoms with E-state index in [9.17, 15) is 14.9 Å². The molecule has 1 unspecified atom stereocenters. The molecular formula is C27H25ClN4O5S. The van der Waals surface area contributed by atoms with Crippen LogP contribution in [-0.4, -0.2) is 27.5 Å². The van der Waals surface area contributed by atoms with Gasteiger partial charge in [0.15, 0.2) is 16.4 Å². The molecule has 1 heterocycles. The van der Waals surface area contributed by atoms with Crippen molar-refractivity contribution in [1.29, 1.82) is 0 Å². The lowest BCUT2D eigenvalue weighted by Crippen LogP contribution is -2.34. The van der Waals surface area contributed by atoms with E-state index in [1.807, 2.05) is 18.2 Å². The van der Waals surface area contributed by atoms with Crippen molar-refractivity contribution in [1.82, 2.24) is 10.3 Å². The molecule has 4 rings (SSSR count). The molecule has 0 radical (unpaired) electrons. The molecule has 11 heteroatoms. The second kappa shape index (κ2) is 11.6. The van der Waals surface area contributed by atoms with Crippen LogP contribution in [0.25, 0.3) is 22.6 Å². The summed E-state index contributed by atoms with van der Waals surface area (Å²) < 4.78 is 11.2. The van der Waals surface area contributed by atoms with Crippen LogP contribution in [0.2, 0.25) is 5.02 Å². The van der Waals surface area contributed by atoms with Gasteiger partial charge in [0.25, 0.3) is 5.91 Å². The van der Waals surface area contributed by atoms with E-state index >= 15 is 0 Å². The summed E-state index contributed by atoms with van der Waals surface area (Å²) in [5, 5.41) is 17.1. The highest BCUT2D eigenvalue weighted by Gasteiger charge is 2.20. The van der Waals surface area contributed by atoms with E-state index in [1.165, 1.54) is 17.7 Å². The van der Waals surface area contributed by atoms with Crippen molar-refractivity contribution in [2.75, 3.05) is 11.9 Å². The van der Waals surface area contributed by atoms with E-state index < -0.39 is 10.8 Å². The minimum atomic E-state index is -0.628. The Hall–Kier alpha value is -4.02. The van der Waals surface area contributed by atoms with Gasteiger partial charge in [-0.2, -0.15) is 0 Å². The SMILES string of the molecule is CCOc1ccc(C(=O)NC(=S)Nc2cc(-c3nc4cc(C(C)CC)ccc4o3)ccc2Cl)cc1[N+](=O)[O-]. The number of amides is 1. The van der Waals surface area contributed by atoms with Crippen molar-refractivity contribution >= 4 is 57.3 Å². The number of halogens is 1. The summed E-state index contributed by atoms with van der Waals surface area (Å²) in [5.74, 6) is 0.277. The molecule has 196 valence electrons. The topological polar surface area (TPSA) is 120 Å². The first-order valence-corrected chi connectivity index (χ1v) is 12.7. The van der Waals surface area contributed by atoms with Gasteiger partial charge in [0.2, 0.25) is 5.89 Å². The Balaban J connectivity index is 1.51. The monoisotopic (exact) mass is 552 g/mol. The Morgan fingerprint density at radius 3 is 2.68 bits per heavy atom. The fraction of sp³-hybridized carbons (Fsp3) is 0.222. The van der Waals surface area contributed by atoms with Gasteiger partial charge >= 0.3 is 5.69 Å². The molecule has 9 nitrogen and oxygen atoms in total. The van der Waals surface area contributed by atoms with Crippen LogP contribution in [0.4, 0.5) is 11.4 Å². The van der Waals surface area contributed by atoms with Crippen molar-refractivity contribution < 1.29 is 18.9 Å². The van der Waals surface area contributed by atoms with Crippen LogP contribution in [-0.2, 0) is 0 Å². The Labute approximate surface area is 229 Å². The summed E-state index contributed by atoms with van der Waals surface area (Å²) in [6.45, 7) is 6.27. The third-order valence-corrected chi connectivity index (χ3v) is 6.53. The molecule has 0 fully saturated rings. The maximum absolute atomic E-state index is 12.7. The number of anilines is 1. The molecule has 0 aliphatic rings. The normalized spacial score (nSPS) is 11.7. The fourth-order valence-corrected chi connectivity index (χ4v) is 4.14. The number of ether oxygens (including phenoxy) is 1. The minimum absolute atomic E-state index is 0.0404. The third-order valence-electron chi connectivity index (χ3n) is 6.00. The highest BCUT2D eigenvalue weighted by molar-refractivity contribution is 7.80. The molecule has 38 heavy (non-hydrogen) atoms. The predicted molar refractivity (Wildman–Crippen MR) is 151 cm³/mol. The van der Waals surface area contributed by atoms with Crippen LogP contribution >= 0.6 is 23.8 Å². The smallest absolute Gasteiger partial charge is 0.311 e. The van der Waals surface area contributed by atoms with Crippen molar-refractivity contribution in [2.45, 2.75) is 33.1 Å². The number of nitro groups is 1. The van der Waals surface area contributed by atoms with Crippen molar-refractivity contribution in [3.8, 4) is 17.2 Å². The number of carbonyl (C=O) groups excluding carboxylic acids is 1. The molecular weight excluding hydrogens is 528 g/mol. The lowest BCUT2D eigenvalue weighted by molar-refractivity contribution is -0.385. The van der Waals surface area contributed by atoms with Crippen molar-refractivity contribution in [3.63, 3.8) is 0 Å². The molecule has 4 aromatic rings. The number of aromatic nitrogens is 1. The van der Waals surface area contributed by atoms with Crippen LogP contribution in [0.1, 0.15) is 49.0 Å². The van der Waals surface area contributed by atoms with Crippen molar-refractivity contribution in [2.24, 2.45) is 0 Å². The Morgan fingerprint density at radius 2 is 1.97 bits per heavy atom. The first-order chi connectivity index (χ1) is 18.2. The number of hydrogen-bond donors (Lipinski definition) is 2. The number of fused-ring (bicyclic) bond motifs is 1. The number of rotatable bonds is 8. The number of hydrogen-bond acceptors (Lipinski definition) is 7. The Morgan fingerprint density at radius 1 is 1.18 bits per heavy atom. The molecule has 0 spiro atoms. The summed E-state index contributed by atoms with van der Waals surface area (Å²) in [4.78, 5) is 28.1. The molecule has 0 aliphatic heterocycles. The molecule has 1 aromatic heterocycles. The third kappa shape index (κ3) is 5.92. The maximum atomic E-state index is 12.7. The Bertz CT molecular complexity index is 1540. The number of oxazole rings is 1. The van der Waals surface area contributed by atoms with Crippen LogP contribution in [0.15, 0.2) is 59.0 Å². The van der Waals surface area contributed by atoms with Gasteiger partial charge in [0.05, 0.1) is 22.2 Å². The summed E-state index contributed by atoms with van der Waals surface area (Å²) in [7, 11) is 0. The van der Waals surface area contributed by atoms with Crippen LogP contribution in [0, 0.1) is 10.1 Å². The van der Waals surface area contributed by atoms with Gasteiger partial charge in [0.1, 0.15) is 5.52 Å². The van der Waals surface area contributed by atoms with E-state index in [2.05, 4.69) is 29.5 Å². The van der Waals surface area contributed by atoms with Crippen LogP contribution in [0.3, 0.4) is 0 Å². The summed E-state index contributed by atoms with van der Waals surface area (Å²) >= 11 is 11.6. The van der Waals surface area contributed by atoms with Crippen LogP contribution in [0.5, 0.6) is 5.75 Å². The van der Waals surface area contributed by atoms with Gasteiger partial charge < -0.3 is 14.5 Å². The van der Waals surface area contributed by atoms with E-state index in [1.54, 1.807) is 25.1 Å². The highest BCUT2D eigenvalue weighted by Crippen LogP contribution is 2.32. The van der Waals surface area contributed by atoms with Crippen molar-refractivity contribution in [3.05, 3.63) is 80.9 Å². The first-order valence-electron chi connectivity index (χ1n) is 11.9. The predicted octanol–water partition coefficient (Wildman–Crippen LogP) is 7.10. The zero-order chi connectivity index (χ0) is 27.4. The fourth-order valence-electron chi connectivity index (χ4n) is 3.77. The van der Waals surface area contributed by atoms with E-state index in [-0.39, 0.29) is 28.7 Å². The lowest BCUT2D eigenvalue weighted by atomic mass is 9.98. The second-order valence-corrected chi connectivity index (χ2v) is 9.35. The van der Waals surface area contributed by atoms with Gasteiger partial charge in [0, 0.05) is 17.2 Å². The van der Waals surface area contributed by atoms with Gasteiger partial charge in [-0.3, -0.25) is 20.2 Å². The molecule has 1 amide bonds. The highest BCUT2D eigenvalue weighted by atomic mass is 35.5. The van der Waals surface area contributed by atoms with Gasteiger partial charge in [-0.05, 0) is 79.5 Å². The number of thiocarbonyl (C=S) groups is 1. The van der Waals surface area contributed by atoms with Gasteiger partial charge in [-0.25, -0.2) is 4.98 Å². The number of nitro benzene ring substituents is 1. The number of nitrogens with one attached hydrogen (secondary N) is 2. The average molecular weight is 553 g/mol. The van der Waals surface area contributed by atoms with Gasteiger partial charge in [-0.15, -0.1) is 0 Å². The number of carbonyl (C=O) groups is 1. The maximum Gasteiger partial charge on any atom is 0.311 e. The quantitative estimate of drug-likeness (QED) is 0.135. The van der Waals surface area contributed by atoms with Gasteiger partial charge in [-0.1, -0.05) is 31.5 Å². The molecule has 0 bridgehead atoms. The molecule has 2 N–H and O–H groups in total. The summed E-state index contributed by atoms with van der Waals surface area (Å²) in [5.41, 5.74) is 3.44. The first kappa shape index (κ1) is 27.0. The number of nitrogens with zero attached hydrogens (tertiary/aromatic N) is 2. The molecule has 0 aliphatic carbocycles. The van der Waals surface area contributed by atoms with Crippen LogP contribution < -0.4 is 15.4 Å². The lowest BCUT2D eigenvalue weighted by Gasteiger charge is -2.12. The Kier molecular flexibility index (Phi) is 8.23. The molecule has 3 aromatic carbocycles. The standard InChI is InChI=1S/C27H25ClN4O5S/c1-4-15(3)16-7-10-23-21(12-16)29-26(37-23)18-6-9-19(28)20(13-18)30-27(38)31-25(33)17-8-11-24(36-5-2)22(14-17)32(34)35/h6-15H,4-5H2,1-3H3,(H2,30,31,33,38). The summed E-state index contributed by atoms with van der Waals surface area (Å²) in [6.07, 6.45) is 1.02. The minimum Gasteiger partial charge on any atom is -0.487 e. The van der Waals surface area contributed by atoms with E-state index in [4.69, 9.17) is 33.0 Å². The average Bonchev–Trinajstić information content (AvgIpc) is 3.33.